The van der Waals surface area contributed by atoms with Crippen LogP contribution in [-0.2, 0) is 0 Å². The van der Waals surface area contributed by atoms with Crippen LogP contribution in [0.2, 0.25) is 0 Å². The molecule has 2 atom stereocenters. The number of nitrogens with zero attached hydrogens (tertiary/aromatic N) is 1. The van der Waals surface area contributed by atoms with Crippen LogP contribution in [0.3, 0.4) is 0 Å². The lowest BCUT2D eigenvalue weighted by molar-refractivity contribution is -0.0138. The second-order valence-electron chi connectivity index (χ2n) is 11.8. The molecule has 8 heteroatoms. The van der Waals surface area contributed by atoms with Crippen LogP contribution >= 0.6 is 12.2 Å². The number of carbonyl (C=O) groups is 1. The molecule has 2 aliphatic heterocycles. The molecule has 2 amide bonds. The summed E-state index contributed by atoms with van der Waals surface area (Å²) in [5.41, 5.74) is 0.898. The fourth-order valence-electron chi connectivity index (χ4n) is 8.43. The highest BCUT2D eigenvalue weighted by molar-refractivity contribution is 7.80. The van der Waals surface area contributed by atoms with Crippen LogP contribution in [0.15, 0.2) is 18.2 Å². The molecule has 7 nitrogen and oxygen atoms in total. The number of amides is 2. The fraction of sp³-hybridized carbons (Fsp3) is 0.704. The molecule has 6 fully saturated rings. The second-order valence-corrected chi connectivity index (χ2v) is 12.1. The molecule has 2 saturated heterocycles. The number of fused-ring (bicyclic) bond motifs is 2. The van der Waals surface area contributed by atoms with E-state index in [1.54, 1.807) is 14.2 Å². The van der Waals surface area contributed by atoms with Gasteiger partial charge in [0, 0.05) is 29.7 Å². The smallest absolute Gasteiger partial charge is 0.315 e. The van der Waals surface area contributed by atoms with E-state index in [0.717, 1.165) is 60.0 Å². The number of nitrogens with one attached hydrogen (secondary N) is 3. The SMILES string of the molecule is COc1ccc(NC(=S)N2[C@@H]3CC[C@@H]2CC(NC(=O)NC24CC5CC(CC(C5)C2)C4)C3)c(OC)c1. The molecule has 4 aliphatic carbocycles. The molecule has 0 spiro atoms. The maximum absolute atomic E-state index is 13.1. The van der Waals surface area contributed by atoms with Crippen LogP contribution in [0, 0.1) is 17.8 Å². The molecule has 1 aromatic carbocycles. The first-order valence-electron chi connectivity index (χ1n) is 13.3. The number of hydrogen-bond donors (Lipinski definition) is 3. The minimum Gasteiger partial charge on any atom is -0.497 e. The first-order chi connectivity index (χ1) is 16.9. The van der Waals surface area contributed by atoms with Gasteiger partial charge in [-0.05, 0) is 106 Å². The molecule has 4 saturated carbocycles. The van der Waals surface area contributed by atoms with Crippen molar-refractivity contribution in [3.8, 4) is 11.5 Å². The van der Waals surface area contributed by atoms with Gasteiger partial charge in [-0.1, -0.05) is 0 Å². The third-order valence-electron chi connectivity index (χ3n) is 9.37. The Kier molecular flexibility index (Phi) is 5.98. The largest absolute Gasteiger partial charge is 0.497 e. The number of anilines is 1. The zero-order chi connectivity index (χ0) is 24.2. The van der Waals surface area contributed by atoms with Crippen molar-refractivity contribution in [2.75, 3.05) is 19.5 Å². The lowest BCUT2D eigenvalue weighted by atomic mass is 9.53. The summed E-state index contributed by atoms with van der Waals surface area (Å²) in [5.74, 6) is 3.95. The predicted molar refractivity (Wildman–Crippen MR) is 140 cm³/mol. The van der Waals surface area contributed by atoms with Crippen LogP contribution < -0.4 is 25.4 Å². The summed E-state index contributed by atoms with van der Waals surface area (Å²) in [4.78, 5) is 15.5. The van der Waals surface area contributed by atoms with Gasteiger partial charge in [-0.2, -0.15) is 0 Å². The molecule has 7 rings (SSSR count). The van der Waals surface area contributed by atoms with Gasteiger partial charge in [0.1, 0.15) is 11.5 Å². The van der Waals surface area contributed by atoms with Gasteiger partial charge in [-0.25, -0.2) is 4.79 Å². The first-order valence-corrected chi connectivity index (χ1v) is 13.7. The van der Waals surface area contributed by atoms with Crippen LogP contribution in [0.1, 0.15) is 64.2 Å². The average molecular weight is 499 g/mol. The molecule has 2 heterocycles. The molecule has 6 bridgehead atoms. The minimum atomic E-state index is 0.0495. The summed E-state index contributed by atoms with van der Waals surface area (Å²) in [5, 5.41) is 11.0. The van der Waals surface area contributed by atoms with Crippen molar-refractivity contribution in [3.63, 3.8) is 0 Å². The molecular formula is C27H38N4O3S. The highest BCUT2D eigenvalue weighted by atomic mass is 32.1. The average Bonchev–Trinajstić information content (AvgIpc) is 3.08. The lowest BCUT2D eigenvalue weighted by Crippen LogP contribution is -2.63. The van der Waals surface area contributed by atoms with E-state index in [9.17, 15) is 4.79 Å². The highest BCUT2D eigenvalue weighted by Gasteiger charge is 2.52. The lowest BCUT2D eigenvalue weighted by Gasteiger charge is -2.56. The maximum atomic E-state index is 13.1. The van der Waals surface area contributed by atoms with Crippen molar-refractivity contribution < 1.29 is 14.3 Å². The Labute approximate surface area is 213 Å². The van der Waals surface area contributed by atoms with Gasteiger partial charge in [-0.15, -0.1) is 0 Å². The van der Waals surface area contributed by atoms with Gasteiger partial charge in [-0.3, -0.25) is 0 Å². The van der Waals surface area contributed by atoms with Gasteiger partial charge in [0.15, 0.2) is 5.11 Å². The number of piperidine rings is 1. The van der Waals surface area contributed by atoms with E-state index in [-0.39, 0.29) is 17.6 Å². The van der Waals surface area contributed by atoms with E-state index in [1.165, 1.54) is 38.5 Å². The van der Waals surface area contributed by atoms with E-state index in [4.69, 9.17) is 21.7 Å². The number of methoxy groups -OCH3 is 2. The zero-order valence-corrected chi connectivity index (χ0v) is 21.7. The van der Waals surface area contributed by atoms with Crippen LogP contribution in [0.5, 0.6) is 11.5 Å². The molecule has 0 radical (unpaired) electrons. The second kappa shape index (κ2) is 9.02. The number of urea groups is 1. The van der Waals surface area contributed by atoms with E-state index in [2.05, 4.69) is 20.9 Å². The molecule has 0 aromatic heterocycles. The molecule has 6 aliphatic rings. The van der Waals surface area contributed by atoms with Gasteiger partial charge < -0.3 is 30.3 Å². The Bertz CT molecular complexity index is 951. The predicted octanol–water partition coefficient (Wildman–Crippen LogP) is 4.66. The molecule has 3 N–H and O–H groups in total. The third-order valence-corrected chi connectivity index (χ3v) is 9.68. The summed E-state index contributed by atoms with van der Waals surface area (Å²) in [6, 6.07) is 6.66. The van der Waals surface area contributed by atoms with E-state index in [0.29, 0.717) is 17.8 Å². The van der Waals surface area contributed by atoms with E-state index < -0.39 is 0 Å². The summed E-state index contributed by atoms with van der Waals surface area (Å²) >= 11 is 5.84. The van der Waals surface area contributed by atoms with Crippen molar-refractivity contribution in [2.45, 2.75) is 87.9 Å². The van der Waals surface area contributed by atoms with Gasteiger partial charge in [0.05, 0.1) is 19.9 Å². The van der Waals surface area contributed by atoms with Crippen molar-refractivity contribution >= 4 is 29.0 Å². The third kappa shape index (κ3) is 4.43. The number of carbonyl (C=O) groups excluding carboxylic acids is 1. The van der Waals surface area contributed by atoms with Gasteiger partial charge in [0.25, 0.3) is 0 Å². The zero-order valence-electron chi connectivity index (χ0n) is 20.8. The van der Waals surface area contributed by atoms with Crippen LogP contribution in [0.25, 0.3) is 0 Å². The quantitative estimate of drug-likeness (QED) is 0.513. The molecular weight excluding hydrogens is 460 g/mol. The first kappa shape index (κ1) is 23.2. The molecule has 190 valence electrons. The Morgan fingerprint density at radius 2 is 1.60 bits per heavy atom. The molecule has 0 unspecified atom stereocenters. The summed E-state index contributed by atoms with van der Waals surface area (Å²) in [7, 11) is 3.30. The standard InChI is InChI=1S/C27H38N4O3S/c1-33-22-5-6-23(24(12-22)34-2)29-26(35)31-20-3-4-21(31)11-19(10-20)28-25(32)30-27-13-16-7-17(14-27)9-18(8-16)15-27/h5-6,12,16-21H,3-4,7-11,13-15H2,1-2H3,(H,29,35)(H2,28,30,32)/t16?,17?,18?,20-,21-,27?/m1/s1. The summed E-state index contributed by atoms with van der Waals surface area (Å²) in [6.45, 7) is 0. The van der Waals surface area contributed by atoms with Crippen molar-refractivity contribution in [1.82, 2.24) is 15.5 Å². The monoisotopic (exact) mass is 498 g/mol. The van der Waals surface area contributed by atoms with E-state index in [1.807, 2.05) is 18.2 Å². The van der Waals surface area contributed by atoms with Crippen LogP contribution in [0.4, 0.5) is 10.5 Å². The van der Waals surface area contributed by atoms with E-state index >= 15 is 0 Å². The number of benzene rings is 1. The summed E-state index contributed by atoms with van der Waals surface area (Å²) < 4.78 is 10.8. The number of hydrogen-bond acceptors (Lipinski definition) is 4. The highest BCUT2D eigenvalue weighted by Crippen LogP contribution is 2.55. The van der Waals surface area contributed by atoms with Crippen molar-refractivity contribution in [3.05, 3.63) is 18.2 Å². The van der Waals surface area contributed by atoms with Crippen molar-refractivity contribution in [1.29, 1.82) is 0 Å². The molecule has 35 heavy (non-hydrogen) atoms. The van der Waals surface area contributed by atoms with Gasteiger partial charge in [0.2, 0.25) is 0 Å². The normalized spacial score (nSPS) is 36.6. The number of thiocarbonyl (C=S) groups is 1. The Balaban J connectivity index is 1.06. The Morgan fingerprint density at radius 3 is 2.17 bits per heavy atom. The fourth-order valence-corrected chi connectivity index (χ4v) is 8.84. The topological polar surface area (TPSA) is 74.9 Å². The number of rotatable bonds is 5. The summed E-state index contributed by atoms with van der Waals surface area (Å²) in [6.07, 6.45) is 11.8. The Hall–Kier alpha value is -2.22. The van der Waals surface area contributed by atoms with Gasteiger partial charge >= 0.3 is 6.03 Å². The Morgan fingerprint density at radius 1 is 0.971 bits per heavy atom. The minimum absolute atomic E-state index is 0.0495. The molecule has 1 aromatic rings. The maximum Gasteiger partial charge on any atom is 0.315 e. The number of ether oxygens (including phenoxy) is 2. The van der Waals surface area contributed by atoms with Crippen molar-refractivity contribution in [2.24, 2.45) is 17.8 Å². The van der Waals surface area contributed by atoms with Crippen LogP contribution in [-0.4, -0.2) is 53.9 Å².